The van der Waals surface area contributed by atoms with E-state index in [1.54, 1.807) is 14.2 Å². The number of hydrogen-bond acceptors (Lipinski definition) is 5. The number of esters is 1. The van der Waals surface area contributed by atoms with E-state index < -0.39 is 0 Å². The molecule has 0 aromatic rings. The van der Waals surface area contributed by atoms with Gasteiger partial charge in [-0.2, -0.15) is 0 Å². The first-order valence-corrected chi connectivity index (χ1v) is 6.52. The molecule has 1 atom stereocenters. The third-order valence-corrected chi connectivity index (χ3v) is 2.66. The molecule has 0 radical (unpaired) electrons. The van der Waals surface area contributed by atoms with E-state index in [1.165, 1.54) is 0 Å². The molecule has 1 unspecified atom stereocenters. The Kier molecular flexibility index (Phi) is 11.0. The molecule has 0 saturated heterocycles. The van der Waals surface area contributed by atoms with Crippen LogP contribution in [0.1, 0.15) is 20.3 Å². The number of nitrogens with zero attached hydrogens (tertiary/aromatic N) is 1. The molecule has 0 rings (SSSR count). The predicted octanol–water partition coefficient (Wildman–Crippen LogP) is 1.17. The zero-order valence-electron chi connectivity index (χ0n) is 12.1. The van der Waals surface area contributed by atoms with Crippen LogP contribution in [0.25, 0.3) is 0 Å². The second-order valence-corrected chi connectivity index (χ2v) is 4.29. The highest BCUT2D eigenvalue weighted by atomic mass is 16.5. The van der Waals surface area contributed by atoms with Crippen LogP contribution in [0.4, 0.5) is 0 Å². The van der Waals surface area contributed by atoms with Gasteiger partial charge in [-0.3, -0.25) is 4.79 Å². The summed E-state index contributed by atoms with van der Waals surface area (Å²) in [6, 6.07) is 0. The monoisotopic (exact) mass is 261 g/mol. The SMILES string of the molecule is CCOC(=O)C(C)CN(CCCOC)CCOC. The fourth-order valence-electron chi connectivity index (χ4n) is 1.69. The molecular formula is C13H27NO4. The third kappa shape index (κ3) is 8.44. The summed E-state index contributed by atoms with van der Waals surface area (Å²) >= 11 is 0. The minimum atomic E-state index is -0.133. The van der Waals surface area contributed by atoms with Crippen LogP contribution >= 0.6 is 0 Å². The molecule has 0 N–H and O–H groups in total. The normalized spacial score (nSPS) is 12.7. The lowest BCUT2D eigenvalue weighted by molar-refractivity contribution is -0.148. The number of carbonyl (C=O) groups excluding carboxylic acids is 1. The Labute approximate surface area is 110 Å². The average Bonchev–Trinajstić information content (AvgIpc) is 2.36. The average molecular weight is 261 g/mol. The maximum atomic E-state index is 11.6. The minimum absolute atomic E-state index is 0.107. The predicted molar refractivity (Wildman–Crippen MR) is 70.6 cm³/mol. The van der Waals surface area contributed by atoms with Crippen LogP contribution in [0.15, 0.2) is 0 Å². The highest BCUT2D eigenvalue weighted by Gasteiger charge is 2.17. The summed E-state index contributed by atoms with van der Waals surface area (Å²) in [4.78, 5) is 13.8. The molecule has 0 bridgehead atoms. The van der Waals surface area contributed by atoms with Crippen molar-refractivity contribution in [2.45, 2.75) is 20.3 Å². The van der Waals surface area contributed by atoms with Gasteiger partial charge in [0.1, 0.15) is 0 Å². The lowest BCUT2D eigenvalue weighted by atomic mass is 10.1. The lowest BCUT2D eigenvalue weighted by Gasteiger charge is -2.24. The molecule has 0 spiro atoms. The van der Waals surface area contributed by atoms with Gasteiger partial charge < -0.3 is 19.1 Å². The quantitative estimate of drug-likeness (QED) is 0.413. The summed E-state index contributed by atoms with van der Waals surface area (Å²) in [5.41, 5.74) is 0. The smallest absolute Gasteiger partial charge is 0.309 e. The van der Waals surface area contributed by atoms with Gasteiger partial charge in [0.15, 0.2) is 0 Å². The highest BCUT2D eigenvalue weighted by molar-refractivity contribution is 5.72. The Morgan fingerprint density at radius 2 is 1.83 bits per heavy atom. The van der Waals surface area contributed by atoms with Gasteiger partial charge in [-0.25, -0.2) is 0 Å². The van der Waals surface area contributed by atoms with E-state index in [-0.39, 0.29) is 11.9 Å². The first-order valence-electron chi connectivity index (χ1n) is 6.52. The summed E-state index contributed by atoms with van der Waals surface area (Å²) in [6.45, 7) is 7.99. The summed E-state index contributed by atoms with van der Waals surface area (Å²) in [6.07, 6.45) is 0.954. The Morgan fingerprint density at radius 1 is 1.17 bits per heavy atom. The van der Waals surface area contributed by atoms with Crippen LogP contribution in [0.5, 0.6) is 0 Å². The Hall–Kier alpha value is -0.650. The van der Waals surface area contributed by atoms with Gasteiger partial charge in [-0.15, -0.1) is 0 Å². The molecule has 18 heavy (non-hydrogen) atoms. The topological polar surface area (TPSA) is 48.0 Å². The molecule has 0 aliphatic carbocycles. The molecular weight excluding hydrogens is 234 g/mol. The molecule has 0 aliphatic heterocycles. The Balaban J connectivity index is 4.07. The molecule has 0 aromatic heterocycles. The number of rotatable bonds is 11. The van der Waals surface area contributed by atoms with Gasteiger partial charge in [-0.05, 0) is 13.3 Å². The van der Waals surface area contributed by atoms with Gasteiger partial charge in [0.25, 0.3) is 0 Å². The van der Waals surface area contributed by atoms with Crippen molar-refractivity contribution in [1.29, 1.82) is 0 Å². The summed E-state index contributed by atoms with van der Waals surface area (Å²) in [5, 5.41) is 0. The summed E-state index contributed by atoms with van der Waals surface area (Å²) in [5.74, 6) is -0.240. The van der Waals surface area contributed by atoms with Crippen LogP contribution in [0, 0.1) is 5.92 Å². The van der Waals surface area contributed by atoms with Crippen molar-refractivity contribution in [3.8, 4) is 0 Å². The van der Waals surface area contributed by atoms with Crippen LogP contribution in [-0.2, 0) is 19.0 Å². The van der Waals surface area contributed by atoms with Crippen LogP contribution < -0.4 is 0 Å². The van der Waals surface area contributed by atoms with Crippen LogP contribution in [0.3, 0.4) is 0 Å². The van der Waals surface area contributed by atoms with Crippen molar-refractivity contribution in [1.82, 2.24) is 4.90 Å². The third-order valence-electron chi connectivity index (χ3n) is 2.66. The van der Waals surface area contributed by atoms with Crippen molar-refractivity contribution < 1.29 is 19.0 Å². The van der Waals surface area contributed by atoms with Gasteiger partial charge in [0.05, 0.1) is 19.1 Å². The van der Waals surface area contributed by atoms with Crippen LogP contribution in [0.2, 0.25) is 0 Å². The molecule has 0 amide bonds. The van der Waals surface area contributed by atoms with Gasteiger partial charge in [-0.1, -0.05) is 6.92 Å². The number of methoxy groups -OCH3 is 2. The fraction of sp³-hybridized carbons (Fsp3) is 0.923. The second-order valence-electron chi connectivity index (χ2n) is 4.29. The van der Waals surface area contributed by atoms with Gasteiger partial charge >= 0.3 is 5.97 Å². The largest absolute Gasteiger partial charge is 0.466 e. The fourth-order valence-corrected chi connectivity index (χ4v) is 1.69. The maximum absolute atomic E-state index is 11.6. The van der Waals surface area contributed by atoms with Gasteiger partial charge in [0, 0.05) is 40.5 Å². The lowest BCUT2D eigenvalue weighted by Crippen LogP contribution is -2.36. The van der Waals surface area contributed by atoms with Crippen molar-refractivity contribution in [3.63, 3.8) is 0 Å². The molecule has 0 aliphatic rings. The van der Waals surface area contributed by atoms with Crippen molar-refractivity contribution in [3.05, 3.63) is 0 Å². The van der Waals surface area contributed by atoms with E-state index in [0.717, 1.165) is 26.1 Å². The zero-order chi connectivity index (χ0) is 13.8. The van der Waals surface area contributed by atoms with Gasteiger partial charge in [0.2, 0.25) is 0 Å². The number of ether oxygens (including phenoxy) is 3. The summed E-state index contributed by atoms with van der Waals surface area (Å²) in [7, 11) is 3.38. The van der Waals surface area contributed by atoms with Crippen molar-refractivity contribution in [2.75, 3.05) is 53.7 Å². The van der Waals surface area contributed by atoms with Crippen molar-refractivity contribution in [2.24, 2.45) is 5.92 Å². The van der Waals surface area contributed by atoms with Crippen molar-refractivity contribution >= 4 is 5.97 Å². The Bertz CT molecular complexity index is 211. The Morgan fingerprint density at radius 3 is 2.39 bits per heavy atom. The number of carbonyl (C=O) groups is 1. The van der Waals surface area contributed by atoms with E-state index in [0.29, 0.717) is 19.8 Å². The highest BCUT2D eigenvalue weighted by Crippen LogP contribution is 2.04. The molecule has 0 aromatic carbocycles. The zero-order valence-corrected chi connectivity index (χ0v) is 12.1. The first kappa shape index (κ1) is 17.4. The molecule has 0 saturated carbocycles. The van der Waals surface area contributed by atoms with E-state index in [2.05, 4.69) is 4.90 Å². The molecule has 0 heterocycles. The molecule has 0 fully saturated rings. The minimum Gasteiger partial charge on any atom is -0.466 e. The second kappa shape index (κ2) is 11.4. The maximum Gasteiger partial charge on any atom is 0.309 e. The van der Waals surface area contributed by atoms with E-state index in [4.69, 9.17) is 14.2 Å². The van der Waals surface area contributed by atoms with E-state index >= 15 is 0 Å². The van der Waals surface area contributed by atoms with E-state index in [9.17, 15) is 4.79 Å². The first-order chi connectivity index (χ1) is 8.65. The molecule has 5 nitrogen and oxygen atoms in total. The standard InChI is InChI=1S/C13H27NO4/c1-5-18-13(15)12(2)11-14(8-10-17-4)7-6-9-16-3/h12H,5-11H2,1-4H3. The number of hydrogen-bond donors (Lipinski definition) is 0. The molecule has 5 heteroatoms. The summed E-state index contributed by atoms with van der Waals surface area (Å²) < 4.78 is 15.1. The molecule has 108 valence electrons. The van der Waals surface area contributed by atoms with E-state index in [1.807, 2.05) is 13.8 Å². The van der Waals surface area contributed by atoms with Crippen LogP contribution in [-0.4, -0.2) is 64.5 Å².